The fraction of sp³-hybridized carbons (Fsp3) is 0.417. The van der Waals surface area contributed by atoms with E-state index in [-0.39, 0.29) is 44.1 Å². The van der Waals surface area contributed by atoms with Crippen LogP contribution in [0, 0.1) is 0 Å². The number of urea groups is 1. The number of hydrogen-bond acceptors (Lipinski definition) is 9. The maximum absolute atomic E-state index is 13.1. The van der Waals surface area contributed by atoms with Crippen molar-refractivity contribution in [2.24, 2.45) is 5.73 Å². The first-order chi connectivity index (χ1) is 17.2. The van der Waals surface area contributed by atoms with E-state index in [2.05, 4.69) is 10.1 Å². The molecule has 0 aromatic heterocycles. The van der Waals surface area contributed by atoms with Gasteiger partial charge in [-0.3, -0.25) is 4.79 Å². The summed E-state index contributed by atoms with van der Waals surface area (Å²) < 4.78 is 20.6. The van der Waals surface area contributed by atoms with Gasteiger partial charge in [0.25, 0.3) is 0 Å². The number of esters is 3. The smallest absolute Gasteiger partial charge is 0.336 e. The number of carbonyl (C=O) groups excluding carboxylic acids is 4. The number of nitrogens with zero attached hydrogens (tertiary/aromatic N) is 1. The predicted molar refractivity (Wildman–Crippen MR) is 130 cm³/mol. The number of allylic oxidation sites excluding steroid dienone is 1. The third-order valence-corrected chi connectivity index (χ3v) is 5.72. The van der Waals surface area contributed by atoms with Gasteiger partial charge in [0, 0.05) is 17.3 Å². The third-order valence-electron chi connectivity index (χ3n) is 5.37. The van der Waals surface area contributed by atoms with Gasteiger partial charge in [-0.2, -0.15) is 0 Å². The molecule has 11 nitrogen and oxygen atoms in total. The number of rotatable bonds is 11. The SMILES string of the molecule is CCOC(=O)C1=C(COCCN(CC(=O)OC)C(N)=O)NC(C)=C(C(=O)OC)C1c1ccccc1Cl. The summed E-state index contributed by atoms with van der Waals surface area (Å²) in [4.78, 5) is 50.1. The zero-order valence-corrected chi connectivity index (χ0v) is 21.3. The molecule has 1 aliphatic heterocycles. The van der Waals surface area contributed by atoms with E-state index in [4.69, 9.17) is 31.5 Å². The van der Waals surface area contributed by atoms with E-state index in [1.807, 2.05) is 0 Å². The number of amides is 2. The summed E-state index contributed by atoms with van der Waals surface area (Å²) in [6, 6.07) is 6.03. The normalized spacial score (nSPS) is 15.2. The molecule has 0 spiro atoms. The highest BCUT2D eigenvalue weighted by atomic mass is 35.5. The molecular weight excluding hydrogens is 494 g/mol. The van der Waals surface area contributed by atoms with Gasteiger partial charge in [0.15, 0.2) is 0 Å². The Labute approximate surface area is 214 Å². The number of hydrogen-bond donors (Lipinski definition) is 2. The monoisotopic (exact) mass is 523 g/mol. The molecule has 0 radical (unpaired) electrons. The van der Waals surface area contributed by atoms with E-state index in [0.29, 0.717) is 22.0 Å². The van der Waals surface area contributed by atoms with Gasteiger partial charge < -0.3 is 34.9 Å². The third kappa shape index (κ3) is 6.98. The van der Waals surface area contributed by atoms with Crippen LogP contribution in [0.4, 0.5) is 4.79 Å². The van der Waals surface area contributed by atoms with E-state index in [1.165, 1.54) is 14.2 Å². The Morgan fingerprint density at radius 1 is 1.08 bits per heavy atom. The lowest BCUT2D eigenvalue weighted by molar-refractivity contribution is -0.141. The molecule has 196 valence electrons. The van der Waals surface area contributed by atoms with Crippen molar-refractivity contribution in [1.82, 2.24) is 10.2 Å². The minimum atomic E-state index is -0.883. The second kappa shape index (κ2) is 13.5. The molecular formula is C24H30ClN3O8. The fourth-order valence-electron chi connectivity index (χ4n) is 3.70. The van der Waals surface area contributed by atoms with Crippen LogP contribution >= 0.6 is 11.6 Å². The average Bonchev–Trinajstić information content (AvgIpc) is 2.85. The summed E-state index contributed by atoms with van der Waals surface area (Å²) in [5.41, 5.74) is 6.96. The van der Waals surface area contributed by atoms with Gasteiger partial charge in [-0.15, -0.1) is 0 Å². The summed E-state index contributed by atoms with van der Waals surface area (Å²) in [7, 11) is 2.45. The van der Waals surface area contributed by atoms with Gasteiger partial charge in [0.1, 0.15) is 6.54 Å². The Morgan fingerprint density at radius 3 is 2.36 bits per heavy atom. The number of ether oxygens (including phenoxy) is 4. The maximum Gasteiger partial charge on any atom is 0.336 e. The van der Waals surface area contributed by atoms with E-state index < -0.39 is 29.9 Å². The fourth-order valence-corrected chi connectivity index (χ4v) is 3.94. The average molecular weight is 524 g/mol. The van der Waals surface area contributed by atoms with Gasteiger partial charge in [-0.1, -0.05) is 29.8 Å². The van der Waals surface area contributed by atoms with Crippen LogP contribution in [-0.4, -0.2) is 76.0 Å². The predicted octanol–water partition coefficient (Wildman–Crippen LogP) is 1.86. The van der Waals surface area contributed by atoms with Crippen molar-refractivity contribution in [3.63, 3.8) is 0 Å². The number of dihydropyridines is 1. The number of nitrogens with one attached hydrogen (secondary N) is 1. The molecule has 1 atom stereocenters. The highest BCUT2D eigenvalue weighted by molar-refractivity contribution is 6.31. The van der Waals surface area contributed by atoms with Crippen LogP contribution in [0.1, 0.15) is 25.3 Å². The number of nitrogens with two attached hydrogens (primary N) is 1. The van der Waals surface area contributed by atoms with Crippen LogP contribution in [0.15, 0.2) is 46.8 Å². The van der Waals surface area contributed by atoms with Crippen LogP contribution in [0.2, 0.25) is 5.02 Å². The van der Waals surface area contributed by atoms with E-state index in [1.54, 1.807) is 38.1 Å². The van der Waals surface area contributed by atoms with Crippen LogP contribution < -0.4 is 11.1 Å². The van der Waals surface area contributed by atoms with E-state index in [9.17, 15) is 19.2 Å². The van der Waals surface area contributed by atoms with E-state index >= 15 is 0 Å². The summed E-state index contributed by atoms with van der Waals surface area (Å²) in [6.07, 6.45) is 0. The molecule has 1 unspecified atom stereocenters. The van der Waals surface area contributed by atoms with Crippen LogP contribution in [0.3, 0.4) is 0 Å². The van der Waals surface area contributed by atoms with Crippen molar-refractivity contribution in [2.45, 2.75) is 19.8 Å². The van der Waals surface area contributed by atoms with Gasteiger partial charge in [-0.25, -0.2) is 14.4 Å². The van der Waals surface area contributed by atoms with Gasteiger partial charge >= 0.3 is 23.9 Å². The maximum atomic E-state index is 13.1. The zero-order valence-electron chi connectivity index (χ0n) is 20.6. The van der Waals surface area contributed by atoms with Crippen LogP contribution in [-0.2, 0) is 33.3 Å². The van der Waals surface area contributed by atoms with Crippen molar-refractivity contribution in [1.29, 1.82) is 0 Å². The molecule has 1 heterocycles. The Morgan fingerprint density at radius 2 is 1.78 bits per heavy atom. The summed E-state index contributed by atoms with van der Waals surface area (Å²) in [6.45, 7) is 2.99. The molecule has 0 bridgehead atoms. The van der Waals surface area contributed by atoms with Crippen molar-refractivity contribution < 1.29 is 38.1 Å². The number of halogens is 1. The summed E-state index contributed by atoms with van der Waals surface area (Å²) >= 11 is 6.47. The molecule has 0 saturated carbocycles. The first-order valence-corrected chi connectivity index (χ1v) is 11.4. The Bertz CT molecular complexity index is 1070. The molecule has 2 amide bonds. The summed E-state index contributed by atoms with van der Waals surface area (Å²) in [5.74, 6) is -2.81. The molecule has 0 saturated heterocycles. The molecule has 3 N–H and O–H groups in total. The van der Waals surface area contributed by atoms with Crippen molar-refractivity contribution in [2.75, 3.05) is 47.1 Å². The quantitative estimate of drug-likeness (QED) is 0.252. The number of carbonyl (C=O) groups is 4. The minimum absolute atomic E-state index is 0.00261. The minimum Gasteiger partial charge on any atom is -0.468 e. The van der Waals surface area contributed by atoms with Crippen molar-refractivity contribution >= 4 is 35.5 Å². The number of benzene rings is 1. The van der Waals surface area contributed by atoms with Gasteiger partial charge in [-0.05, 0) is 25.5 Å². The molecule has 0 aliphatic carbocycles. The zero-order chi connectivity index (χ0) is 26.8. The molecule has 1 aromatic rings. The summed E-state index contributed by atoms with van der Waals surface area (Å²) in [5, 5.41) is 3.40. The molecule has 36 heavy (non-hydrogen) atoms. The first kappa shape index (κ1) is 28.7. The Kier molecular flexibility index (Phi) is 10.8. The Hall–Kier alpha value is -3.57. The first-order valence-electron chi connectivity index (χ1n) is 11.1. The lowest BCUT2D eigenvalue weighted by Crippen LogP contribution is -2.42. The van der Waals surface area contributed by atoms with Crippen LogP contribution in [0.5, 0.6) is 0 Å². The number of primary amides is 1. The second-order valence-electron chi connectivity index (χ2n) is 7.61. The van der Waals surface area contributed by atoms with Crippen molar-refractivity contribution in [3.05, 3.63) is 57.4 Å². The standard InChI is InChI=1S/C24H30ClN3O8/c1-5-36-23(31)21-17(13-35-11-10-28(24(26)32)12-18(29)33-3)27-14(2)19(22(30)34-4)20(21)15-8-6-7-9-16(15)25/h6-9,20,27H,5,10-13H2,1-4H3,(H2,26,32). The van der Waals surface area contributed by atoms with Gasteiger partial charge in [0.2, 0.25) is 0 Å². The second-order valence-corrected chi connectivity index (χ2v) is 8.02. The van der Waals surface area contributed by atoms with E-state index in [0.717, 1.165) is 4.90 Å². The topological polar surface area (TPSA) is 146 Å². The van der Waals surface area contributed by atoms with Gasteiger partial charge in [0.05, 0.1) is 56.8 Å². The molecule has 0 fully saturated rings. The number of methoxy groups -OCH3 is 2. The van der Waals surface area contributed by atoms with Crippen molar-refractivity contribution in [3.8, 4) is 0 Å². The molecule has 1 aliphatic rings. The lowest BCUT2D eigenvalue weighted by atomic mass is 9.80. The molecule has 1 aromatic carbocycles. The lowest BCUT2D eigenvalue weighted by Gasteiger charge is -2.31. The highest BCUT2D eigenvalue weighted by Crippen LogP contribution is 2.41. The Balaban J connectivity index is 2.41. The highest BCUT2D eigenvalue weighted by Gasteiger charge is 2.39. The molecule has 2 rings (SSSR count). The largest absolute Gasteiger partial charge is 0.468 e. The molecule has 12 heteroatoms. The van der Waals surface area contributed by atoms with Crippen LogP contribution in [0.25, 0.3) is 0 Å².